The van der Waals surface area contributed by atoms with Crippen LogP contribution in [-0.4, -0.2) is 41.6 Å². The summed E-state index contributed by atoms with van der Waals surface area (Å²) in [6.45, 7) is 4.02. The van der Waals surface area contributed by atoms with Crippen molar-refractivity contribution in [1.82, 2.24) is 24.0 Å². The molecular weight excluding hydrogens is 519 g/mol. The van der Waals surface area contributed by atoms with Gasteiger partial charge in [0.25, 0.3) is 0 Å². The van der Waals surface area contributed by atoms with Gasteiger partial charge in [0, 0.05) is 31.6 Å². The van der Waals surface area contributed by atoms with E-state index in [2.05, 4.69) is 33.5 Å². The average Bonchev–Trinajstić information content (AvgIpc) is 3.46. The smallest absolute Gasteiger partial charge is 0.335 e. The first-order valence-electron chi connectivity index (χ1n) is 12.5. The first kappa shape index (κ1) is 25.0. The molecule has 3 heterocycles. The second kappa shape index (κ2) is 9.49. The molecule has 0 amide bonds. The van der Waals surface area contributed by atoms with Crippen LogP contribution in [0.4, 0.5) is 4.39 Å². The summed E-state index contributed by atoms with van der Waals surface area (Å²) in [4.78, 5) is 23.2. The van der Waals surface area contributed by atoms with Gasteiger partial charge in [0.05, 0.1) is 46.3 Å². The Balaban J connectivity index is 1.33. The van der Waals surface area contributed by atoms with Gasteiger partial charge in [-0.3, -0.25) is 4.90 Å². The second-order valence-electron chi connectivity index (χ2n) is 9.86. The molecule has 5 aromatic rings. The van der Waals surface area contributed by atoms with Crippen molar-refractivity contribution in [1.29, 1.82) is 5.26 Å². The number of nitrogens with zero attached hydrogens (tertiary/aromatic N) is 6. The Bertz CT molecular complexity index is 1840. The van der Waals surface area contributed by atoms with Crippen molar-refractivity contribution >= 4 is 39.6 Å². The molecule has 1 unspecified atom stereocenters. The van der Waals surface area contributed by atoms with Crippen LogP contribution in [0, 0.1) is 17.1 Å². The van der Waals surface area contributed by atoms with Crippen molar-refractivity contribution in [2.75, 3.05) is 6.54 Å². The van der Waals surface area contributed by atoms with Gasteiger partial charge in [-0.1, -0.05) is 29.8 Å². The summed E-state index contributed by atoms with van der Waals surface area (Å²) < 4.78 is 18.6. The van der Waals surface area contributed by atoms with Crippen molar-refractivity contribution in [3.05, 3.63) is 93.3 Å². The number of rotatable bonds is 5. The van der Waals surface area contributed by atoms with Crippen molar-refractivity contribution in [3.63, 3.8) is 0 Å². The molecule has 0 saturated heterocycles. The summed E-state index contributed by atoms with van der Waals surface area (Å²) in [6.07, 6.45) is 0.565. The van der Waals surface area contributed by atoms with E-state index >= 15 is 0 Å². The average molecular weight is 543 g/mol. The maximum Gasteiger partial charge on any atom is 0.335 e. The van der Waals surface area contributed by atoms with Gasteiger partial charge >= 0.3 is 5.97 Å². The Morgan fingerprint density at radius 1 is 1.13 bits per heavy atom. The molecule has 8 nitrogen and oxygen atoms in total. The number of carboxylic acids is 1. The topological polar surface area (TPSA) is 100.0 Å². The molecule has 0 fully saturated rings. The van der Waals surface area contributed by atoms with Crippen LogP contribution in [0.1, 0.15) is 51.7 Å². The van der Waals surface area contributed by atoms with Gasteiger partial charge in [-0.25, -0.2) is 19.2 Å². The molecule has 0 bridgehead atoms. The predicted molar refractivity (Wildman–Crippen MR) is 145 cm³/mol. The molecule has 6 rings (SSSR count). The van der Waals surface area contributed by atoms with E-state index in [0.29, 0.717) is 34.9 Å². The monoisotopic (exact) mass is 542 g/mol. The van der Waals surface area contributed by atoms with Crippen LogP contribution in [0.2, 0.25) is 5.02 Å². The molecule has 2 aromatic heterocycles. The van der Waals surface area contributed by atoms with E-state index in [1.165, 1.54) is 6.07 Å². The third-order valence-electron chi connectivity index (χ3n) is 7.62. The van der Waals surface area contributed by atoms with E-state index in [1.807, 2.05) is 18.2 Å². The lowest BCUT2D eigenvalue weighted by atomic mass is 9.99. The number of aryl methyl sites for hydroxylation is 1. The van der Waals surface area contributed by atoms with Crippen LogP contribution in [0.15, 0.2) is 48.5 Å². The Labute approximate surface area is 228 Å². The lowest BCUT2D eigenvalue weighted by Crippen LogP contribution is -2.37. The fourth-order valence-corrected chi connectivity index (χ4v) is 5.65. The number of halogens is 2. The van der Waals surface area contributed by atoms with Crippen LogP contribution in [0.25, 0.3) is 22.1 Å². The van der Waals surface area contributed by atoms with Gasteiger partial charge in [-0.05, 0) is 48.4 Å². The zero-order valence-electron chi connectivity index (χ0n) is 21.3. The molecule has 196 valence electrons. The maximum atomic E-state index is 14.6. The molecule has 0 spiro atoms. The number of fused-ring (bicyclic) bond motifs is 4. The minimum Gasteiger partial charge on any atom is -0.478 e. The van der Waals surface area contributed by atoms with Gasteiger partial charge in [0.15, 0.2) is 5.82 Å². The molecular formula is C29H24ClFN6O2. The molecule has 39 heavy (non-hydrogen) atoms. The van der Waals surface area contributed by atoms with E-state index in [0.717, 1.165) is 47.1 Å². The largest absolute Gasteiger partial charge is 0.478 e. The summed E-state index contributed by atoms with van der Waals surface area (Å²) in [7, 11) is 1.78. The Hall–Kier alpha value is -4.26. The summed E-state index contributed by atoms with van der Waals surface area (Å²) in [5.41, 5.74) is 4.95. The summed E-state index contributed by atoms with van der Waals surface area (Å²) in [6, 6.07) is 16.2. The molecule has 0 aliphatic carbocycles. The van der Waals surface area contributed by atoms with Crippen LogP contribution in [-0.2, 0) is 26.6 Å². The van der Waals surface area contributed by atoms with Crippen molar-refractivity contribution in [3.8, 4) is 6.07 Å². The van der Waals surface area contributed by atoms with E-state index in [-0.39, 0.29) is 17.1 Å². The second-order valence-corrected chi connectivity index (χ2v) is 10.3. The van der Waals surface area contributed by atoms with E-state index in [4.69, 9.17) is 16.6 Å². The predicted octanol–water partition coefficient (Wildman–Crippen LogP) is 5.45. The maximum absolute atomic E-state index is 14.6. The quantitative estimate of drug-likeness (QED) is 0.317. The number of hydrogen-bond acceptors (Lipinski definition) is 5. The van der Waals surface area contributed by atoms with Gasteiger partial charge in [-0.2, -0.15) is 5.26 Å². The number of carbonyl (C=O) groups is 1. The van der Waals surface area contributed by atoms with E-state index in [9.17, 15) is 19.6 Å². The van der Waals surface area contributed by atoms with Crippen LogP contribution >= 0.6 is 11.6 Å². The van der Waals surface area contributed by atoms with Gasteiger partial charge in [0.1, 0.15) is 17.2 Å². The Morgan fingerprint density at radius 2 is 1.95 bits per heavy atom. The highest BCUT2D eigenvalue weighted by molar-refractivity contribution is 6.30. The molecule has 3 aromatic carbocycles. The van der Waals surface area contributed by atoms with Crippen molar-refractivity contribution in [2.45, 2.75) is 32.5 Å². The van der Waals surface area contributed by atoms with Crippen LogP contribution < -0.4 is 0 Å². The van der Waals surface area contributed by atoms with Crippen molar-refractivity contribution < 1.29 is 14.3 Å². The molecule has 1 atom stereocenters. The molecule has 1 N–H and O–H groups in total. The minimum absolute atomic E-state index is 0.0385. The number of benzene rings is 3. The standard InChI is InChI=1S/C29H24ClFN6O2/c1-16-28-34-26-18(10-17-6-7-21(30)11-20(17)14-32)4-3-5-23(26)37(28)9-8-36(16)15-25-33-27-22(31)12-19(29(38)39)13-24(27)35(25)2/h3-7,11-13,16H,8-10,15H2,1-2H3,(H,38,39). The highest BCUT2D eigenvalue weighted by Crippen LogP contribution is 2.33. The Morgan fingerprint density at radius 3 is 2.72 bits per heavy atom. The molecule has 1 aliphatic rings. The van der Waals surface area contributed by atoms with Gasteiger partial charge in [-0.15, -0.1) is 0 Å². The van der Waals surface area contributed by atoms with Crippen LogP contribution in [0.3, 0.4) is 0 Å². The van der Waals surface area contributed by atoms with Crippen LogP contribution in [0.5, 0.6) is 0 Å². The van der Waals surface area contributed by atoms with E-state index < -0.39 is 11.8 Å². The fraction of sp³-hybridized carbons (Fsp3) is 0.241. The normalized spacial score (nSPS) is 15.5. The number of nitriles is 1. The summed E-state index contributed by atoms with van der Waals surface area (Å²) in [5.74, 6) is -0.247. The lowest BCUT2D eigenvalue weighted by molar-refractivity contribution is 0.0696. The first-order valence-corrected chi connectivity index (χ1v) is 12.9. The Kier molecular flexibility index (Phi) is 6.09. The number of hydrogen-bond donors (Lipinski definition) is 1. The number of aromatic carboxylic acids is 1. The molecule has 0 saturated carbocycles. The van der Waals surface area contributed by atoms with Gasteiger partial charge < -0.3 is 14.2 Å². The number of aromatic nitrogens is 4. The molecule has 0 radical (unpaired) electrons. The third kappa shape index (κ3) is 4.22. The number of carboxylic acid groups (broad SMARTS) is 1. The number of imidazole rings is 2. The molecule has 1 aliphatic heterocycles. The fourth-order valence-electron chi connectivity index (χ4n) is 5.47. The summed E-state index contributed by atoms with van der Waals surface area (Å²) >= 11 is 6.09. The SMILES string of the molecule is CC1c2nc3c(Cc4ccc(Cl)cc4C#N)cccc3n2CCN1Cc1nc2c(F)cc(C(=O)O)cc2n1C. The first-order chi connectivity index (χ1) is 18.7. The zero-order chi connectivity index (χ0) is 27.4. The highest BCUT2D eigenvalue weighted by atomic mass is 35.5. The van der Waals surface area contributed by atoms with Crippen molar-refractivity contribution in [2.24, 2.45) is 7.05 Å². The highest BCUT2D eigenvalue weighted by Gasteiger charge is 2.29. The minimum atomic E-state index is -1.18. The van der Waals surface area contributed by atoms with E-state index in [1.54, 1.807) is 23.7 Å². The molecule has 10 heteroatoms. The third-order valence-corrected chi connectivity index (χ3v) is 7.86. The zero-order valence-corrected chi connectivity index (χ0v) is 22.1. The number of para-hydroxylation sites is 1. The lowest BCUT2D eigenvalue weighted by Gasteiger charge is -2.33. The summed E-state index contributed by atoms with van der Waals surface area (Å²) in [5, 5.41) is 19.4. The van der Waals surface area contributed by atoms with Gasteiger partial charge in [0.2, 0.25) is 0 Å².